The molecular weight excluding hydrogens is 196 g/mol. The summed E-state index contributed by atoms with van der Waals surface area (Å²) in [5.74, 6) is 0. The van der Waals surface area contributed by atoms with E-state index in [0.717, 1.165) is 11.3 Å². The first-order valence-electron chi connectivity index (χ1n) is 4.29. The van der Waals surface area contributed by atoms with Gasteiger partial charge < -0.3 is 0 Å². The summed E-state index contributed by atoms with van der Waals surface area (Å²) in [7, 11) is 0. The molecule has 0 N–H and O–H groups in total. The lowest BCUT2D eigenvalue weighted by atomic mass is 10.1. The van der Waals surface area contributed by atoms with Crippen LogP contribution in [0, 0.1) is 6.92 Å². The van der Waals surface area contributed by atoms with Gasteiger partial charge in [0, 0.05) is 24.2 Å². The molecular formula is C11H9ClN2. The van der Waals surface area contributed by atoms with E-state index in [0.29, 0.717) is 5.02 Å². The molecule has 2 nitrogen and oxygen atoms in total. The number of hydrogen-bond donors (Lipinski definition) is 0. The van der Waals surface area contributed by atoms with Gasteiger partial charge in [-0.1, -0.05) is 11.6 Å². The molecule has 2 aromatic heterocycles. The summed E-state index contributed by atoms with van der Waals surface area (Å²) in [6.07, 6.45) is 5.15. The van der Waals surface area contributed by atoms with Gasteiger partial charge in [0.15, 0.2) is 0 Å². The Morgan fingerprint density at radius 2 is 2.07 bits per heavy atom. The zero-order chi connectivity index (χ0) is 9.97. The number of rotatable bonds is 1. The molecule has 0 aliphatic carbocycles. The smallest absolute Gasteiger partial charge is 0.0720 e. The van der Waals surface area contributed by atoms with Crippen molar-refractivity contribution in [2.24, 2.45) is 0 Å². The standard InChI is InChI=1S/C11H9ClN2/c1-8-2-3-14-11(4-8)9-5-10(12)7-13-6-9/h2-7H,1H3. The predicted molar refractivity (Wildman–Crippen MR) is 57.2 cm³/mol. The Balaban J connectivity index is 2.49. The van der Waals surface area contributed by atoms with E-state index >= 15 is 0 Å². The molecule has 70 valence electrons. The summed E-state index contributed by atoms with van der Waals surface area (Å²) in [5, 5.41) is 0.630. The molecule has 0 saturated carbocycles. The van der Waals surface area contributed by atoms with Gasteiger partial charge in [0.2, 0.25) is 0 Å². The number of aryl methyl sites for hydroxylation is 1. The van der Waals surface area contributed by atoms with E-state index in [2.05, 4.69) is 9.97 Å². The molecule has 3 heteroatoms. The number of pyridine rings is 2. The van der Waals surface area contributed by atoms with Crippen LogP contribution in [-0.4, -0.2) is 9.97 Å². The minimum Gasteiger partial charge on any atom is -0.262 e. The molecule has 2 heterocycles. The minimum absolute atomic E-state index is 0.630. The monoisotopic (exact) mass is 204 g/mol. The zero-order valence-electron chi connectivity index (χ0n) is 7.74. The van der Waals surface area contributed by atoms with E-state index in [-0.39, 0.29) is 0 Å². The third-order valence-corrected chi connectivity index (χ3v) is 2.12. The third kappa shape index (κ3) is 1.91. The molecule has 0 unspecified atom stereocenters. The van der Waals surface area contributed by atoms with Crippen LogP contribution in [0.25, 0.3) is 11.3 Å². The van der Waals surface area contributed by atoms with Crippen molar-refractivity contribution in [2.45, 2.75) is 6.92 Å². The van der Waals surface area contributed by atoms with E-state index in [9.17, 15) is 0 Å². The highest BCUT2D eigenvalue weighted by molar-refractivity contribution is 6.30. The van der Waals surface area contributed by atoms with Crippen LogP contribution in [0.3, 0.4) is 0 Å². The highest BCUT2D eigenvalue weighted by Crippen LogP contribution is 2.19. The molecule has 0 amide bonds. The molecule has 14 heavy (non-hydrogen) atoms. The van der Waals surface area contributed by atoms with Crippen molar-refractivity contribution in [1.82, 2.24) is 9.97 Å². The highest BCUT2D eigenvalue weighted by atomic mass is 35.5. The van der Waals surface area contributed by atoms with Gasteiger partial charge in [-0.05, 0) is 30.7 Å². The van der Waals surface area contributed by atoms with Crippen LogP contribution < -0.4 is 0 Å². The van der Waals surface area contributed by atoms with Crippen molar-refractivity contribution in [3.05, 3.63) is 47.4 Å². The summed E-state index contributed by atoms with van der Waals surface area (Å²) >= 11 is 5.84. The minimum atomic E-state index is 0.630. The van der Waals surface area contributed by atoms with Crippen LogP contribution in [0.4, 0.5) is 0 Å². The maximum atomic E-state index is 5.84. The average molecular weight is 205 g/mol. The molecule has 0 bridgehead atoms. The van der Waals surface area contributed by atoms with Gasteiger partial charge in [0.1, 0.15) is 0 Å². The predicted octanol–water partition coefficient (Wildman–Crippen LogP) is 3.11. The van der Waals surface area contributed by atoms with Gasteiger partial charge in [-0.2, -0.15) is 0 Å². The Hall–Kier alpha value is -1.41. The fourth-order valence-corrected chi connectivity index (χ4v) is 1.42. The summed E-state index contributed by atoms with van der Waals surface area (Å²) in [4.78, 5) is 8.27. The van der Waals surface area contributed by atoms with Gasteiger partial charge >= 0.3 is 0 Å². The molecule has 0 fully saturated rings. The van der Waals surface area contributed by atoms with Gasteiger partial charge in [-0.25, -0.2) is 0 Å². The third-order valence-electron chi connectivity index (χ3n) is 1.92. The van der Waals surface area contributed by atoms with E-state index in [1.54, 1.807) is 18.6 Å². The second-order valence-electron chi connectivity index (χ2n) is 3.11. The second kappa shape index (κ2) is 3.76. The Morgan fingerprint density at radius 3 is 2.79 bits per heavy atom. The summed E-state index contributed by atoms with van der Waals surface area (Å²) in [5.41, 5.74) is 3.02. The molecule has 0 atom stereocenters. The van der Waals surface area contributed by atoms with Crippen LogP contribution >= 0.6 is 11.6 Å². The summed E-state index contributed by atoms with van der Waals surface area (Å²) in [6, 6.07) is 5.82. The first-order chi connectivity index (χ1) is 6.75. The first kappa shape index (κ1) is 9.16. The Kier molecular flexibility index (Phi) is 2.46. The van der Waals surface area contributed by atoms with Gasteiger partial charge in [0.25, 0.3) is 0 Å². The van der Waals surface area contributed by atoms with Crippen molar-refractivity contribution in [1.29, 1.82) is 0 Å². The van der Waals surface area contributed by atoms with Crippen LogP contribution in [0.15, 0.2) is 36.8 Å². The van der Waals surface area contributed by atoms with Crippen molar-refractivity contribution >= 4 is 11.6 Å². The lowest BCUT2D eigenvalue weighted by molar-refractivity contribution is 1.26. The second-order valence-corrected chi connectivity index (χ2v) is 3.55. The quantitative estimate of drug-likeness (QED) is 0.714. The molecule has 0 aromatic carbocycles. The maximum absolute atomic E-state index is 5.84. The number of hydrogen-bond acceptors (Lipinski definition) is 2. The van der Waals surface area contributed by atoms with E-state index in [4.69, 9.17) is 11.6 Å². The normalized spacial score (nSPS) is 10.1. The average Bonchev–Trinajstić information content (AvgIpc) is 2.18. The zero-order valence-corrected chi connectivity index (χ0v) is 8.49. The molecule has 0 spiro atoms. The van der Waals surface area contributed by atoms with E-state index < -0.39 is 0 Å². The van der Waals surface area contributed by atoms with Gasteiger partial charge in [0.05, 0.1) is 10.7 Å². The van der Waals surface area contributed by atoms with Gasteiger partial charge in [-0.3, -0.25) is 9.97 Å². The number of halogens is 1. The maximum Gasteiger partial charge on any atom is 0.0720 e. The lowest BCUT2D eigenvalue weighted by Crippen LogP contribution is -1.85. The fraction of sp³-hybridized carbons (Fsp3) is 0.0909. The van der Waals surface area contributed by atoms with E-state index in [1.807, 2.05) is 25.1 Å². The van der Waals surface area contributed by atoms with Crippen molar-refractivity contribution in [2.75, 3.05) is 0 Å². The SMILES string of the molecule is Cc1ccnc(-c2cncc(Cl)c2)c1. The molecule has 0 saturated heterocycles. The van der Waals surface area contributed by atoms with Crippen molar-refractivity contribution in [3.63, 3.8) is 0 Å². The Morgan fingerprint density at radius 1 is 1.21 bits per heavy atom. The summed E-state index contributed by atoms with van der Waals surface area (Å²) < 4.78 is 0. The van der Waals surface area contributed by atoms with Crippen LogP contribution in [-0.2, 0) is 0 Å². The highest BCUT2D eigenvalue weighted by Gasteiger charge is 2.00. The number of aromatic nitrogens is 2. The Bertz CT molecular complexity index is 411. The number of nitrogens with zero attached hydrogens (tertiary/aromatic N) is 2. The molecule has 2 rings (SSSR count). The topological polar surface area (TPSA) is 25.8 Å². The van der Waals surface area contributed by atoms with Gasteiger partial charge in [-0.15, -0.1) is 0 Å². The largest absolute Gasteiger partial charge is 0.262 e. The fourth-order valence-electron chi connectivity index (χ4n) is 1.25. The van der Waals surface area contributed by atoms with Crippen LogP contribution in [0.2, 0.25) is 5.02 Å². The molecule has 2 aromatic rings. The lowest BCUT2D eigenvalue weighted by Gasteiger charge is -2.01. The van der Waals surface area contributed by atoms with Crippen LogP contribution in [0.1, 0.15) is 5.56 Å². The van der Waals surface area contributed by atoms with Crippen molar-refractivity contribution < 1.29 is 0 Å². The first-order valence-corrected chi connectivity index (χ1v) is 4.67. The Labute approximate surface area is 87.6 Å². The van der Waals surface area contributed by atoms with Crippen LogP contribution in [0.5, 0.6) is 0 Å². The molecule has 0 radical (unpaired) electrons. The summed E-state index contributed by atoms with van der Waals surface area (Å²) in [6.45, 7) is 2.03. The van der Waals surface area contributed by atoms with E-state index in [1.165, 1.54) is 5.56 Å². The molecule has 0 aliphatic heterocycles. The molecule has 0 aliphatic rings. The van der Waals surface area contributed by atoms with Crippen molar-refractivity contribution in [3.8, 4) is 11.3 Å².